The molecule has 1 rings (SSSR count). The van der Waals surface area contributed by atoms with Crippen molar-refractivity contribution in [3.05, 3.63) is 12.7 Å². The van der Waals surface area contributed by atoms with Crippen LogP contribution in [0.3, 0.4) is 0 Å². The summed E-state index contributed by atoms with van der Waals surface area (Å²) in [6.45, 7) is 5.81. The van der Waals surface area contributed by atoms with E-state index in [2.05, 4.69) is 17.2 Å². The number of carboxylic acid groups (broad SMARTS) is 1. The Kier molecular flexibility index (Phi) is 5.64. The van der Waals surface area contributed by atoms with E-state index in [9.17, 15) is 9.59 Å². The fraction of sp³-hybridized carbons (Fsp3) is 0.667. The van der Waals surface area contributed by atoms with E-state index in [1.165, 1.54) is 0 Å². The molecule has 1 saturated heterocycles. The van der Waals surface area contributed by atoms with Gasteiger partial charge < -0.3 is 20.5 Å². The zero-order valence-corrected chi connectivity index (χ0v) is 10.5. The van der Waals surface area contributed by atoms with Crippen LogP contribution in [0.15, 0.2) is 12.7 Å². The van der Waals surface area contributed by atoms with Crippen LogP contribution < -0.4 is 10.6 Å². The van der Waals surface area contributed by atoms with Crippen LogP contribution in [0.5, 0.6) is 0 Å². The van der Waals surface area contributed by atoms with Gasteiger partial charge in [0.1, 0.15) is 0 Å². The van der Waals surface area contributed by atoms with Gasteiger partial charge in [-0.2, -0.15) is 0 Å². The summed E-state index contributed by atoms with van der Waals surface area (Å²) in [5.41, 5.74) is 0. The van der Waals surface area contributed by atoms with Crippen LogP contribution in [-0.2, 0) is 9.53 Å². The molecule has 102 valence electrons. The Balaban J connectivity index is 2.19. The van der Waals surface area contributed by atoms with Gasteiger partial charge in [0, 0.05) is 12.6 Å². The number of hydrogen-bond donors (Lipinski definition) is 3. The second kappa shape index (κ2) is 7.00. The fourth-order valence-corrected chi connectivity index (χ4v) is 1.83. The first kappa shape index (κ1) is 14.5. The summed E-state index contributed by atoms with van der Waals surface area (Å²) in [5, 5.41) is 14.2. The minimum absolute atomic E-state index is 0.0266. The summed E-state index contributed by atoms with van der Waals surface area (Å²) < 4.78 is 5.27. The third-order valence-electron chi connectivity index (χ3n) is 2.77. The molecule has 6 heteroatoms. The van der Waals surface area contributed by atoms with Gasteiger partial charge in [-0.1, -0.05) is 6.08 Å². The van der Waals surface area contributed by atoms with Crippen molar-refractivity contribution < 1.29 is 19.4 Å². The van der Waals surface area contributed by atoms with Crippen LogP contribution >= 0.6 is 0 Å². The average Bonchev–Trinajstić information content (AvgIpc) is 2.75. The molecule has 1 aliphatic rings. The van der Waals surface area contributed by atoms with Gasteiger partial charge in [0.15, 0.2) is 6.10 Å². The minimum Gasteiger partial charge on any atom is -0.479 e. The smallest absolute Gasteiger partial charge is 0.332 e. The topological polar surface area (TPSA) is 87.7 Å². The SMILES string of the molecule is C=CCC(C)NC(=O)NCC1CCC(C(=O)O)O1. The van der Waals surface area contributed by atoms with Gasteiger partial charge in [-0.3, -0.25) is 0 Å². The van der Waals surface area contributed by atoms with Crippen molar-refractivity contribution >= 4 is 12.0 Å². The first-order valence-corrected chi connectivity index (χ1v) is 6.06. The highest BCUT2D eigenvalue weighted by Gasteiger charge is 2.30. The third kappa shape index (κ3) is 4.75. The first-order chi connectivity index (χ1) is 8.52. The Labute approximate surface area is 106 Å². The Hall–Kier alpha value is -1.56. The molecule has 3 atom stereocenters. The molecule has 6 nitrogen and oxygen atoms in total. The first-order valence-electron chi connectivity index (χ1n) is 6.06. The summed E-state index contributed by atoms with van der Waals surface area (Å²) in [6, 6.07) is -0.245. The van der Waals surface area contributed by atoms with E-state index in [0.717, 1.165) is 0 Å². The number of carbonyl (C=O) groups is 2. The van der Waals surface area contributed by atoms with Gasteiger partial charge in [-0.25, -0.2) is 9.59 Å². The number of aliphatic carboxylic acids is 1. The molecule has 3 N–H and O–H groups in total. The normalized spacial score (nSPS) is 24.3. The number of amides is 2. The van der Waals surface area contributed by atoms with Crippen molar-refractivity contribution in [2.75, 3.05) is 6.54 Å². The predicted molar refractivity (Wildman–Crippen MR) is 66.3 cm³/mol. The molecule has 0 spiro atoms. The molecule has 18 heavy (non-hydrogen) atoms. The quantitative estimate of drug-likeness (QED) is 0.616. The van der Waals surface area contributed by atoms with Crippen molar-refractivity contribution in [2.24, 2.45) is 0 Å². The molecular formula is C12H20N2O4. The van der Waals surface area contributed by atoms with E-state index in [1.807, 2.05) is 6.92 Å². The lowest BCUT2D eigenvalue weighted by atomic mass is 10.2. The van der Waals surface area contributed by atoms with Crippen molar-refractivity contribution in [2.45, 2.75) is 44.4 Å². The van der Waals surface area contributed by atoms with Gasteiger partial charge in [0.2, 0.25) is 0 Å². The number of carbonyl (C=O) groups excluding carboxylic acids is 1. The molecule has 0 aliphatic carbocycles. The van der Waals surface area contributed by atoms with Gasteiger partial charge in [-0.15, -0.1) is 6.58 Å². The summed E-state index contributed by atoms with van der Waals surface area (Å²) in [6.07, 6.45) is 2.64. The zero-order valence-electron chi connectivity index (χ0n) is 10.5. The van der Waals surface area contributed by atoms with Crippen molar-refractivity contribution in [1.82, 2.24) is 10.6 Å². The lowest BCUT2D eigenvalue weighted by Gasteiger charge is -2.15. The van der Waals surface area contributed by atoms with E-state index in [1.54, 1.807) is 6.08 Å². The molecule has 0 aromatic rings. The maximum absolute atomic E-state index is 11.5. The number of rotatable bonds is 6. The number of carboxylic acids is 1. The molecule has 3 unspecified atom stereocenters. The molecule has 0 saturated carbocycles. The van der Waals surface area contributed by atoms with Gasteiger partial charge >= 0.3 is 12.0 Å². The highest BCUT2D eigenvalue weighted by molar-refractivity contribution is 5.74. The minimum atomic E-state index is -0.943. The Bertz CT molecular complexity index is 319. The molecule has 1 heterocycles. The standard InChI is InChI=1S/C12H20N2O4/c1-3-4-8(2)14-12(17)13-7-9-5-6-10(18-9)11(15)16/h3,8-10H,1,4-7H2,2H3,(H,15,16)(H2,13,14,17). The van der Waals surface area contributed by atoms with Crippen LogP contribution in [0.25, 0.3) is 0 Å². The van der Waals surface area contributed by atoms with Crippen LogP contribution in [0.4, 0.5) is 4.79 Å². The van der Waals surface area contributed by atoms with E-state index in [4.69, 9.17) is 9.84 Å². The summed E-state index contributed by atoms with van der Waals surface area (Å²) in [4.78, 5) is 22.1. The second-order valence-corrected chi connectivity index (χ2v) is 4.44. The molecule has 1 fully saturated rings. The van der Waals surface area contributed by atoms with Crippen molar-refractivity contribution in [1.29, 1.82) is 0 Å². The van der Waals surface area contributed by atoms with E-state index < -0.39 is 12.1 Å². The third-order valence-corrected chi connectivity index (χ3v) is 2.77. The molecule has 1 aliphatic heterocycles. The van der Waals surface area contributed by atoms with Crippen molar-refractivity contribution in [3.63, 3.8) is 0 Å². The Morgan fingerprint density at radius 2 is 2.28 bits per heavy atom. The largest absolute Gasteiger partial charge is 0.479 e. The van der Waals surface area contributed by atoms with E-state index >= 15 is 0 Å². The lowest BCUT2D eigenvalue weighted by molar-refractivity contribution is -0.149. The highest BCUT2D eigenvalue weighted by Crippen LogP contribution is 2.19. The molecule has 0 aromatic carbocycles. The maximum Gasteiger partial charge on any atom is 0.332 e. The van der Waals surface area contributed by atoms with Crippen LogP contribution in [0.2, 0.25) is 0 Å². The van der Waals surface area contributed by atoms with Crippen LogP contribution in [-0.4, -0.2) is 41.9 Å². The summed E-state index contributed by atoms with van der Waals surface area (Å²) in [7, 11) is 0. The predicted octanol–water partition coefficient (Wildman–Crippen LogP) is 0.882. The molecule has 0 radical (unpaired) electrons. The average molecular weight is 256 g/mol. The number of nitrogens with one attached hydrogen (secondary N) is 2. The van der Waals surface area contributed by atoms with Crippen LogP contribution in [0, 0.1) is 0 Å². The van der Waals surface area contributed by atoms with Crippen LogP contribution in [0.1, 0.15) is 26.2 Å². The van der Waals surface area contributed by atoms with Gasteiger partial charge in [-0.05, 0) is 26.2 Å². The summed E-state index contributed by atoms with van der Waals surface area (Å²) >= 11 is 0. The number of ether oxygens (including phenoxy) is 1. The van der Waals surface area contributed by atoms with Gasteiger partial charge in [0.25, 0.3) is 0 Å². The molecule has 2 amide bonds. The number of hydrogen-bond acceptors (Lipinski definition) is 3. The van der Waals surface area contributed by atoms with E-state index in [0.29, 0.717) is 25.8 Å². The lowest BCUT2D eigenvalue weighted by Crippen LogP contribution is -2.43. The monoisotopic (exact) mass is 256 g/mol. The Morgan fingerprint density at radius 1 is 1.56 bits per heavy atom. The molecule has 0 bridgehead atoms. The van der Waals surface area contributed by atoms with Gasteiger partial charge in [0.05, 0.1) is 6.10 Å². The highest BCUT2D eigenvalue weighted by atomic mass is 16.5. The molecular weight excluding hydrogens is 236 g/mol. The second-order valence-electron chi connectivity index (χ2n) is 4.44. The summed E-state index contributed by atoms with van der Waals surface area (Å²) in [5.74, 6) is -0.943. The molecule has 0 aromatic heterocycles. The Morgan fingerprint density at radius 3 is 2.83 bits per heavy atom. The zero-order chi connectivity index (χ0) is 13.5. The number of urea groups is 1. The van der Waals surface area contributed by atoms with Crippen molar-refractivity contribution in [3.8, 4) is 0 Å². The fourth-order valence-electron chi connectivity index (χ4n) is 1.83. The maximum atomic E-state index is 11.5. The van der Waals surface area contributed by atoms with E-state index in [-0.39, 0.29) is 18.2 Å².